The molecule has 1 saturated heterocycles. The highest BCUT2D eigenvalue weighted by molar-refractivity contribution is 8.00. The quantitative estimate of drug-likeness (QED) is 0.661. The lowest BCUT2D eigenvalue weighted by molar-refractivity contribution is -0.129. The number of fused-ring (bicyclic) bond motifs is 1. The third-order valence-corrected chi connectivity index (χ3v) is 7.26. The Balaban J connectivity index is 1.33. The normalized spacial score (nSPS) is 23.3. The Hall–Kier alpha value is -2.54. The van der Waals surface area contributed by atoms with Gasteiger partial charge in [-0.1, -0.05) is 18.2 Å². The summed E-state index contributed by atoms with van der Waals surface area (Å²) in [6.07, 6.45) is 4.62. The zero-order chi connectivity index (χ0) is 21.2. The Morgan fingerprint density at radius 3 is 2.71 bits per heavy atom. The van der Waals surface area contributed by atoms with Gasteiger partial charge in [-0.05, 0) is 55.5 Å². The maximum Gasteiger partial charge on any atom is 0.233 e. The SMILES string of the molecule is COc1ccc(C2SCC(=O)N2CC2COc3ccccc3O2)cc1OC1CCCC1. The van der Waals surface area contributed by atoms with Crippen LogP contribution in [0.4, 0.5) is 0 Å². The second-order valence-corrected chi connectivity index (χ2v) is 9.21. The molecule has 0 aromatic heterocycles. The van der Waals surface area contributed by atoms with Crippen LogP contribution in [0, 0.1) is 0 Å². The summed E-state index contributed by atoms with van der Waals surface area (Å²) in [5, 5.41) is -0.0786. The van der Waals surface area contributed by atoms with Gasteiger partial charge in [0.2, 0.25) is 5.91 Å². The van der Waals surface area contributed by atoms with Crippen LogP contribution < -0.4 is 18.9 Å². The standard InChI is InChI=1S/C24H27NO5S/c1-27-19-11-10-16(12-22(19)29-17-6-2-3-7-17)24-25(23(26)15-31-24)13-18-14-28-20-8-4-5-9-21(20)30-18/h4-5,8-12,17-18,24H,2-3,6-7,13-15H2,1H3. The van der Waals surface area contributed by atoms with E-state index in [0.29, 0.717) is 18.9 Å². The van der Waals surface area contributed by atoms with Gasteiger partial charge in [-0.2, -0.15) is 0 Å². The number of carbonyl (C=O) groups is 1. The van der Waals surface area contributed by atoms with Crippen LogP contribution in [-0.4, -0.2) is 49.0 Å². The van der Waals surface area contributed by atoms with Crippen molar-refractivity contribution in [3.8, 4) is 23.0 Å². The zero-order valence-corrected chi connectivity index (χ0v) is 18.4. The smallest absolute Gasteiger partial charge is 0.233 e. The highest BCUT2D eigenvalue weighted by Crippen LogP contribution is 2.43. The number of thioether (sulfide) groups is 1. The fourth-order valence-corrected chi connectivity index (χ4v) is 5.61. The number of benzene rings is 2. The van der Waals surface area contributed by atoms with E-state index in [1.54, 1.807) is 18.9 Å². The summed E-state index contributed by atoms with van der Waals surface area (Å²) in [5.41, 5.74) is 1.04. The average molecular weight is 442 g/mol. The predicted molar refractivity (Wildman–Crippen MR) is 119 cm³/mol. The molecule has 2 aliphatic heterocycles. The summed E-state index contributed by atoms with van der Waals surface area (Å²) < 4.78 is 23.7. The van der Waals surface area contributed by atoms with E-state index >= 15 is 0 Å². The highest BCUT2D eigenvalue weighted by Gasteiger charge is 2.36. The van der Waals surface area contributed by atoms with Crippen molar-refractivity contribution < 1.29 is 23.7 Å². The summed E-state index contributed by atoms with van der Waals surface area (Å²) in [5.74, 6) is 3.55. The summed E-state index contributed by atoms with van der Waals surface area (Å²) >= 11 is 1.63. The van der Waals surface area contributed by atoms with E-state index in [2.05, 4.69) is 0 Å². The number of carbonyl (C=O) groups excluding carboxylic acids is 1. The molecule has 1 aliphatic carbocycles. The maximum atomic E-state index is 12.7. The molecule has 0 bridgehead atoms. The van der Waals surface area contributed by atoms with Gasteiger partial charge in [-0.15, -0.1) is 11.8 Å². The minimum atomic E-state index is -0.201. The molecule has 1 amide bonds. The fourth-order valence-electron chi connectivity index (χ4n) is 4.42. The van der Waals surface area contributed by atoms with E-state index in [4.69, 9.17) is 18.9 Å². The fraction of sp³-hybridized carbons (Fsp3) is 0.458. The van der Waals surface area contributed by atoms with Gasteiger partial charge >= 0.3 is 0 Å². The Bertz CT molecular complexity index is 945. The van der Waals surface area contributed by atoms with Crippen molar-refractivity contribution in [2.75, 3.05) is 26.0 Å². The largest absolute Gasteiger partial charge is 0.493 e. The van der Waals surface area contributed by atoms with Gasteiger partial charge in [0.25, 0.3) is 0 Å². The Morgan fingerprint density at radius 1 is 1.10 bits per heavy atom. The molecule has 0 spiro atoms. The van der Waals surface area contributed by atoms with Crippen molar-refractivity contribution in [1.29, 1.82) is 0 Å². The molecule has 5 rings (SSSR count). The van der Waals surface area contributed by atoms with Crippen molar-refractivity contribution in [1.82, 2.24) is 4.90 Å². The van der Waals surface area contributed by atoms with Crippen molar-refractivity contribution >= 4 is 17.7 Å². The van der Waals surface area contributed by atoms with Crippen molar-refractivity contribution in [2.45, 2.75) is 43.3 Å². The number of hydrogen-bond donors (Lipinski definition) is 0. The molecule has 0 N–H and O–H groups in total. The van der Waals surface area contributed by atoms with Crippen molar-refractivity contribution in [2.24, 2.45) is 0 Å². The predicted octanol–water partition coefficient (Wildman–Crippen LogP) is 4.43. The average Bonchev–Trinajstić information content (AvgIpc) is 3.44. The number of amides is 1. The molecule has 0 radical (unpaired) electrons. The number of para-hydroxylation sites is 2. The molecule has 2 aromatic carbocycles. The second-order valence-electron chi connectivity index (χ2n) is 8.14. The number of methoxy groups -OCH3 is 1. The van der Waals surface area contributed by atoms with Gasteiger partial charge in [0.15, 0.2) is 29.1 Å². The van der Waals surface area contributed by atoms with Crippen LogP contribution in [0.3, 0.4) is 0 Å². The molecule has 6 nitrogen and oxygen atoms in total. The van der Waals surface area contributed by atoms with Crippen LogP contribution >= 0.6 is 11.8 Å². The first-order chi connectivity index (χ1) is 15.2. The Labute approximate surface area is 186 Å². The van der Waals surface area contributed by atoms with E-state index < -0.39 is 0 Å². The van der Waals surface area contributed by atoms with Crippen LogP contribution in [0.25, 0.3) is 0 Å². The van der Waals surface area contributed by atoms with Crippen LogP contribution in [0.2, 0.25) is 0 Å². The summed E-state index contributed by atoms with van der Waals surface area (Å²) in [7, 11) is 1.66. The molecule has 3 aliphatic rings. The minimum Gasteiger partial charge on any atom is -0.493 e. The molecule has 2 fully saturated rings. The maximum absolute atomic E-state index is 12.7. The van der Waals surface area contributed by atoms with Gasteiger partial charge in [0, 0.05) is 0 Å². The van der Waals surface area contributed by atoms with Gasteiger partial charge < -0.3 is 23.8 Å². The van der Waals surface area contributed by atoms with Crippen LogP contribution in [0.15, 0.2) is 42.5 Å². The van der Waals surface area contributed by atoms with Crippen LogP contribution in [0.5, 0.6) is 23.0 Å². The summed E-state index contributed by atoms with van der Waals surface area (Å²) in [6.45, 7) is 0.909. The number of nitrogens with zero attached hydrogens (tertiary/aromatic N) is 1. The lowest BCUT2D eigenvalue weighted by atomic mass is 10.1. The van der Waals surface area contributed by atoms with Gasteiger partial charge in [0.1, 0.15) is 12.0 Å². The molecular weight excluding hydrogens is 414 g/mol. The van der Waals surface area contributed by atoms with Crippen LogP contribution in [0.1, 0.15) is 36.6 Å². The number of rotatable bonds is 6. The van der Waals surface area contributed by atoms with E-state index in [9.17, 15) is 4.79 Å². The topological polar surface area (TPSA) is 57.2 Å². The zero-order valence-electron chi connectivity index (χ0n) is 17.6. The Morgan fingerprint density at radius 2 is 1.90 bits per heavy atom. The van der Waals surface area contributed by atoms with E-state index in [0.717, 1.165) is 41.4 Å². The monoisotopic (exact) mass is 441 g/mol. The molecule has 31 heavy (non-hydrogen) atoms. The van der Waals surface area contributed by atoms with E-state index in [-0.39, 0.29) is 23.5 Å². The van der Waals surface area contributed by atoms with E-state index in [1.807, 2.05) is 47.4 Å². The first-order valence-corrected chi connectivity index (χ1v) is 11.9. The van der Waals surface area contributed by atoms with E-state index in [1.165, 1.54) is 12.8 Å². The van der Waals surface area contributed by atoms with Crippen LogP contribution in [-0.2, 0) is 4.79 Å². The minimum absolute atomic E-state index is 0.0786. The molecule has 2 heterocycles. The molecular formula is C24H27NO5S. The van der Waals surface area contributed by atoms with Gasteiger partial charge in [0.05, 0.1) is 25.5 Å². The molecule has 164 valence electrons. The third kappa shape index (κ3) is 4.28. The van der Waals surface area contributed by atoms with Gasteiger partial charge in [-0.3, -0.25) is 4.79 Å². The molecule has 2 aromatic rings. The molecule has 1 saturated carbocycles. The summed E-state index contributed by atoms with van der Waals surface area (Å²) in [6, 6.07) is 13.6. The van der Waals surface area contributed by atoms with Gasteiger partial charge in [-0.25, -0.2) is 0 Å². The van der Waals surface area contributed by atoms with Crippen molar-refractivity contribution in [3.05, 3.63) is 48.0 Å². The molecule has 2 unspecified atom stereocenters. The number of hydrogen-bond acceptors (Lipinski definition) is 6. The summed E-state index contributed by atoms with van der Waals surface area (Å²) in [4.78, 5) is 14.6. The number of ether oxygens (including phenoxy) is 4. The first-order valence-electron chi connectivity index (χ1n) is 10.9. The molecule has 7 heteroatoms. The Kier molecular flexibility index (Phi) is 5.85. The lowest BCUT2D eigenvalue weighted by Gasteiger charge is -2.32. The first kappa shape index (κ1) is 20.4. The van der Waals surface area contributed by atoms with Crippen molar-refractivity contribution in [3.63, 3.8) is 0 Å². The highest BCUT2D eigenvalue weighted by atomic mass is 32.2. The lowest BCUT2D eigenvalue weighted by Crippen LogP contribution is -2.42. The third-order valence-electron chi connectivity index (χ3n) is 6.00. The molecule has 2 atom stereocenters. The second kappa shape index (κ2) is 8.91.